The molecule has 1 aliphatic rings. The predicted octanol–water partition coefficient (Wildman–Crippen LogP) is 5.61. The zero-order valence-corrected chi connectivity index (χ0v) is 17.7. The van der Waals surface area contributed by atoms with E-state index in [0.717, 1.165) is 33.5 Å². The van der Waals surface area contributed by atoms with E-state index < -0.39 is 0 Å². The zero-order chi connectivity index (χ0) is 21.2. The van der Waals surface area contributed by atoms with Crippen LogP contribution in [0.2, 0.25) is 0 Å². The fourth-order valence-corrected chi connectivity index (χ4v) is 4.32. The van der Waals surface area contributed by atoms with E-state index in [1.54, 1.807) is 12.4 Å². The molecule has 31 heavy (non-hydrogen) atoms. The molecule has 5 rings (SSSR count). The second kappa shape index (κ2) is 8.30. The van der Waals surface area contributed by atoms with Gasteiger partial charge in [-0.25, -0.2) is 9.67 Å². The van der Waals surface area contributed by atoms with Gasteiger partial charge in [0.15, 0.2) is 5.82 Å². The summed E-state index contributed by atoms with van der Waals surface area (Å²) in [6, 6.07) is 16.6. The minimum atomic E-state index is 0.481. The van der Waals surface area contributed by atoms with Crippen LogP contribution in [0.5, 0.6) is 0 Å². The Hall–Kier alpha value is -3.54. The number of para-hydroxylation sites is 2. The third-order valence-electron chi connectivity index (χ3n) is 6.00. The number of anilines is 1. The topological polar surface area (TPSA) is 79.5 Å². The van der Waals surface area contributed by atoms with Crippen LogP contribution in [0.25, 0.3) is 28.1 Å². The minimum absolute atomic E-state index is 0.481. The van der Waals surface area contributed by atoms with Crippen molar-refractivity contribution in [3.8, 4) is 17.1 Å². The van der Waals surface area contributed by atoms with E-state index in [4.69, 9.17) is 10.4 Å². The number of hydrogen-bond donors (Lipinski definition) is 2. The Kier molecular flexibility index (Phi) is 5.20. The number of aromatic nitrogens is 4. The van der Waals surface area contributed by atoms with E-state index in [9.17, 15) is 0 Å². The van der Waals surface area contributed by atoms with Crippen molar-refractivity contribution in [2.45, 2.75) is 45.1 Å². The molecule has 2 aromatic carbocycles. The van der Waals surface area contributed by atoms with Gasteiger partial charge >= 0.3 is 0 Å². The molecule has 6 nitrogen and oxygen atoms in total. The Morgan fingerprint density at radius 2 is 1.90 bits per heavy atom. The lowest BCUT2D eigenvalue weighted by Crippen LogP contribution is -2.17. The molecule has 6 heteroatoms. The summed E-state index contributed by atoms with van der Waals surface area (Å²) in [7, 11) is 0. The van der Waals surface area contributed by atoms with Crippen LogP contribution in [-0.2, 0) is 0 Å². The molecule has 4 aromatic rings. The van der Waals surface area contributed by atoms with Gasteiger partial charge in [-0.3, -0.25) is 4.98 Å². The standard InChI is InChI=1S/C25H26N6/c1-2-20(26)19-12-11-17(15-23(19)29-18-7-3-4-8-18)24-13-14-28-31(24)25-16-27-21-9-5-6-10-22(21)30-25/h5-6,9-16,18,26,29H,2-4,7-8H2,1H3. The third-order valence-corrected chi connectivity index (χ3v) is 6.00. The maximum absolute atomic E-state index is 8.42. The molecule has 156 valence electrons. The van der Waals surface area contributed by atoms with Crippen molar-refractivity contribution in [2.24, 2.45) is 0 Å². The fraction of sp³-hybridized carbons (Fsp3) is 0.280. The summed E-state index contributed by atoms with van der Waals surface area (Å²) < 4.78 is 1.83. The highest BCUT2D eigenvalue weighted by atomic mass is 15.3. The van der Waals surface area contributed by atoms with Gasteiger partial charge in [-0.2, -0.15) is 5.10 Å². The SMILES string of the molecule is CCC(=N)c1ccc(-c2ccnn2-c2cnc3ccccc3n2)cc1NC1CCCC1. The van der Waals surface area contributed by atoms with Crippen molar-refractivity contribution < 1.29 is 0 Å². The van der Waals surface area contributed by atoms with Crippen LogP contribution in [0.15, 0.2) is 60.9 Å². The summed E-state index contributed by atoms with van der Waals surface area (Å²) in [6.07, 6.45) is 9.18. The molecule has 2 aromatic heterocycles. The largest absolute Gasteiger partial charge is 0.382 e. The lowest BCUT2D eigenvalue weighted by molar-refractivity contribution is 0.755. The van der Waals surface area contributed by atoms with Crippen LogP contribution in [0.1, 0.15) is 44.6 Å². The molecular formula is C25H26N6. The first-order valence-corrected chi connectivity index (χ1v) is 11.0. The molecule has 0 aliphatic heterocycles. The lowest BCUT2D eigenvalue weighted by atomic mass is 10.0. The number of rotatable bonds is 6. The van der Waals surface area contributed by atoms with Gasteiger partial charge in [0.2, 0.25) is 0 Å². The fourth-order valence-electron chi connectivity index (χ4n) is 4.32. The van der Waals surface area contributed by atoms with E-state index in [2.05, 4.69) is 33.6 Å². The minimum Gasteiger partial charge on any atom is -0.382 e. The zero-order valence-electron chi connectivity index (χ0n) is 17.7. The Morgan fingerprint density at radius 3 is 2.71 bits per heavy atom. The molecule has 1 fully saturated rings. The highest BCUT2D eigenvalue weighted by molar-refractivity contribution is 6.03. The van der Waals surface area contributed by atoms with Gasteiger partial charge < -0.3 is 10.7 Å². The number of fused-ring (bicyclic) bond motifs is 1. The third kappa shape index (κ3) is 3.81. The van der Waals surface area contributed by atoms with Crippen LogP contribution < -0.4 is 5.32 Å². The molecule has 1 saturated carbocycles. The normalized spacial score (nSPS) is 14.2. The summed E-state index contributed by atoms with van der Waals surface area (Å²) in [4.78, 5) is 9.30. The summed E-state index contributed by atoms with van der Waals surface area (Å²) in [5, 5.41) is 16.7. The van der Waals surface area contributed by atoms with E-state index in [1.807, 2.05) is 41.9 Å². The molecule has 2 N–H and O–H groups in total. The van der Waals surface area contributed by atoms with Gasteiger partial charge in [-0.15, -0.1) is 0 Å². The first-order valence-electron chi connectivity index (χ1n) is 11.0. The molecular weight excluding hydrogens is 384 g/mol. The molecule has 0 radical (unpaired) electrons. The molecule has 0 amide bonds. The van der Waals surface area contributed by atoms with Crippen molar-refractivity contribution >= 4 is 22.4 Å². The summed E-state index contributed by atoms with van der Waals surface area (Å²) in [5.41, 5.74) is 6.38. The highest BCUT2D eigenvalue weighted by Gasteiger charge is 2.18. The average Bonchev–Trinajstić information content (AvgIpc) is 3.50. The molecule has 2 heterocycles. The number of nitrogens with one attached hydrogen (secondary N) is 2. The molecule has 0 unspecified atom stereocenters. The van der Waals surface area contributed by atoms with E-state index >= 15 is 0 Å². The van der Waals surface area contributed by atoms with Gasteiger partial charge in [-0.05, 0) is 43.5 Å². The van der Waals surface area contributed by atoms with E-state index in [0.29, 0.717) is 24.0 Å². The number of nitrogens with zero attached hydrogens (tertiary/aromatic N) is 4. The van der Waals surface area contributed by atoms with Crippen LogP contribution in [0.3, 0.4) is 0 Å². The molecule has 0 saturated heterocycles. The molecule has 0 atom stereocenters. The first kappa shape index (κ1) is 19.4. The highest BCUT2D eigenvalue weighted by Crippen LogP contribution is 2.30. The van der Waals surface area contributed by atoms with Crippen LogP contribution in [-0.4, -0.2) is 31.5 Å². The van der Waals surface area contributed by atoms with Crippen LogP contribution in [0.4, 0.5) is 5.69 Å². The van der Waals surface area contributed by atoms with Gasteiger partial charge in [0, 0.05) is 28.6 Å². The predicted molar refractivity (Wildman–Crippen MR) is 125 cm³/mol. The quantitative estimate of drug-likeness (QED) is 0.405. The number of benzene rings is 2. The van der Waals surface area contributed by atoms with Crippen molar-refractivity contribution in [3.63, 3.8) is 0 Å². The Balaban J connectivity index is 1.56. The number of hydrogen-bond acceptors (Lipinski definition) is 5. The second-order valence-electron chi connectivity index (χ2n) is 8.06. The van der Waals surface area contributed by atoms with Gasteiger partial charge in [0.1, 0.15) is 0 Å². The summed E-state index contributed by atoms with van der Waals surface area (Å²) in [5.74, 6) is 0.689. The lowest BCUT2D eigenvalue weighted by Gasteiger charge is -2.19. The monoisotopic (exact) mass is 410 g/mol. The maximum Gasteiger partial charge on any atom is 0.173 e. The summed E-state index contributed by atoms with van der Waals surface area (Å²) >= 11 is 0. The maximum atomic E-state index is 8.42. The molecule has 1 aliphatic carbocycles. The second-order valence-corrected chi connectivity index (χ2v) is 8.06. The van der Waals surface area contributed by atoms with Crippen molar-refractivity contribution in [1.29, 1.82) is 5.41 Å². The van der Waals surface area contributed by atoms with Crippen molar-refractivity contribution in [3.05, 3.63) is 66.5 Å². The Morgan fingerprint density at radius 1 is 1.10 bits per heavy atom. The van der Waals surface area contributed by atoms with Crippen LogP contribution >= 0.6 is 0 Å². The van der Waals surface area contributed by atoms with Crippen molar-refractivity contribution in [2.75, 3.05) is 5.32 Å². The smallest absolute Gasteiger partial charge is 0.173 e. The Labute approximate surface area is 181 Å². The molecule has 0 bridgehead atoms. The van der Waals surface area contributed by atoms with E-state index in [-0.39, 0.29) is 0 Å². The first-order chi connectivity index (χ1) is 15.2. The summed E-state index contributed by atoms with van der Waals surface area (Å²) in [6.45, 7) is 2.03. The van der Waals surface area contributed by atoms with Gasteiger partial charge in [0.25, 0.3) is 0 Å². The van der Waals surface area contributed by atoms with Crippen molar-refractivity contribution in [1.82, 2.24) is 19.7 Å². The van der Waals surface area contributed by atoms with E-state index in [1.165, 1.54) is 25.7 Å². The molecule has 0 spiro atoms. The Bertz CT molecular complexity index is 1240. The van der Waals surface area contributed by atoms with Gasteiger partial charge in [0.05, 0.1) is 29.1 Å². The van der Waals surface area contributed by atoms with Gasteiger partial charge in [-0.1, -0.05) is 44.0 Å². The average molecular weight is 411 g/mol. The van der Waals surface area contributed by atoms with Crippen LogP contribution in [0, 0.1) is 5.41 Å².